The maximum absolute atomic E-state index is 12.9. The molecule has 5 heteroatoms. The van der Waals surface area contributed by atoms with E-state index in [9.17, 15) is 9.60 Å². The molecule has 0 spiro atoms. The van der Waals surface area contributed by atoms with Crippen molar-refractivity contribution in [1.29, 1.82) is 0 Å². The van der Waals surface area contributed by atoms with Crippen LogP contribution < -0.4 is 0 Å². The zero-order chi connectivity index (χ0) is 13.4. The van der Waals surface area contributed by atoms with Crippen LogP contribution in [-0.2, 0) is 0 Å². The van der Waals surface area contributed by atoms with Crippen molar-refractivity contribution in [2.45, 2.75) is 6.92 Å². The molecule has 0 aliphatic carbocycles. The van der Waals surface area contributed by atoms with Gasteiger partial charge in [-0.25, -0.2) is 9.37 Å². The Hall–Kier alpha value is -2.14. The Balaban J connectivity index is 2.15. The van der Waals surface area contributed by atoms with Crippen molar-refractivity contribution in [2.75, 3.05) is 0 Å². The predicted octanol–water partition coefficient (Wildman–Crippen LogP) is 3.96. The van der Waals surface area contributed by atoms with Gasteiger partial charge in [-0.15, -0.1) is 11.3 Å². The van der Waals surface area contributed by atoms with Gasteiger partial charge in [-0.05, 0) is 42.6 Å². The number of rotatable bonds is 2. The maximum Gasteiger partial charge on any atom is 0.186 e. The lowest BCUT2D eigenvalue weighted by Crippen LogP contribution is -1.96. The molecule has 1 N–H and O–H groups in total. The number of nitrogens with zero attached hydrogens (tertiary/aromatic N) is 2. The highest BCUT2D eigenvalue weighted by molar-refractivity contribution is 7.13. The van der Waals surface area contributed by atoms with Gasteiger partial charge in [0.05, 0.1) is 10.6 Å². The average molecular weight is 274 g/mol. The minimum Gasteiger partial charge on any atom is -0.426 e. The quantitative estimate of drug-likeness (QED) is 0.718. The summed E-state index contributed by atoms with van der Waals surface area (Å²) in [4.78, 5) is 5.27. The zero-order valence-electron chi connectivity index (χ0n) is 10.2. The molecule has 2 heterocycles. The molecule has 96 valence electrons. The smallest absolute Gasteiger partial charge is 0.186 e. The molecular weight excluding hydrogens is 263 g/mol. The summed E-state index contributed by atoms with van der Waals surface area (Å²) in [6, 6.07) is 9.79. The van der Waals surface area contributed by atoms with E-state index >= 15 is 0 Å². The lowest BCUT2D eigenvalue weighted by molar-refractivity contribution is 0.195. The Morgan fingerprint density at radius 2 is 1.95 bits per heavy atom. The van der Waals surface area contributed by atoms with Crippen molar-refractivity contribution in [3.8, 4) is 22.0 Å². The summed E-state index contributed by atoms with van der Waals surface area (Å²) >= 11 is 1.51. The van der Waals surface area contributed by atoms with Gasteiger partial charge in [0.25, 0.3) is 0 Å². The SMILES string of the molecule is Cc1nc(-c2cccs2)n(O)c1-c1ccc(F)cc1. The number of benzene rings is 1. The highest BCUT2D eigenvalue weighted by Crippen LogP contribution is 2.30. The topological polar surface area (TPSA) is 38.0 Å². The highest BCUT2D eigenvalue weighted by Gasteiger charge is 2.17. The van der Waals surface area contributed by atoms with Crippen molar-refractivity contribution in [2.24, 2.45) is 0 Å². The van der Waals surface area contributed by atoms with Crippen LogP contribution in [0.5, 0.6) is 0 Å². The Labute approximate surface area is 113 Å². The van der Waals surface area contributed by atoms with E-state index in [4.69, 9.17) is 0 Å². The fourth-order valence-corrected chi connectivity index (χ4v) is 2.72. The van der Waals surface area contributed by atoms with E-state index in [0.717, 1.165) is 15.2 Å². The zero-order valence-corrected chi connectivity index (χ0v) is 11.0. The lowest BCUT2D eigenvalue weighted by Gasteiger charge is -2.04. The van der Waals surface area contributed by atoms with Crippen LogP contribution >= 0.6 is 11.3 Å². The van der Waals surface area contributed by atoms with E-state index in [1.807, 2.05) is 24.4 Å². The molecule has 19 heavy (non-hydrogen) atoms. The number of hydrogen-bond acceptors (Lipinski definition) is 3. The summed E-state index contributed by atoms with van der Waals surface area (Å²) < 4.78 is 14.0. The first-order valence-corrected chi connectivity index (χ1v) is 6.63. The molecule has 2 aromatic heterocycles. The molecule has 0 unspecified atom stereocenters. The van der Waals surface area contributed by atoms with Crippen LogP contribution in [0.15, 0.2) is 41.8 Å². The molecule has 0 aliphatic rings. The summed E-state index contributed by atoms with van der Waals surface area (Å²) in [6.07, 6.45) is 0. The van der Waals surface area contributed by atoms with Crippen LogP contribution in [0.3, 0.4) is 0 Å². The second kappa shape index (κ2) is 4.51. The molecule has 0 atom stereocenters. The third kappa shape index (κ3) is 2.02. The number of aromatic nitrogens is 2. The molecule has 1 aromatic carbocycles. The molecule has 0 saturated heterocycles. The summed E-state index contributed by atoms with van der Waals surface area (Å²) in [5.41, 5.74) is 2.03. The Bertz CT molecular complexity index is 702. The fourth-order valence-electron chi connectivity index (χ4n) is 2.02. The van der Waals surface area contributed by atoms with Gasteiger partial charge in [0.2, 0.25) is 0 Å². The molecule has 0 saturated carbocycles. The molecule has 0 amide bonds. The minimum atomic E-state index is -0.302. The molecule has 0 fully saturated rings. The predicted molar refractivity (Wildman–Crippen MR) is 72.9 cm³/mol. The summed E-state index contributed by atoms with van der Waals surface area (Å²) in [5, 5.41) is 12.2. The first kappa shape index (κ1) is 11.9. The molecular formula is C14H11FN2OS. The Morgan fingerprint density at radius 1 is 1.21 bits per heavy atom. The van der Waals surface area contributed by atoms with Crippen LogP contribution in [0.25, 0.3) is 22.0 Å². The van der Waals surface area contributed by atoms with Crippen molar-refractivity contribution in [1.82, 2.24) is 9.71 Å². The number of halogens is 1. The second-order valence-corrected chi connectivity index (χ2v) is 5.11. The van der Waals surface area contributed by atoms with E-state index in [-0.39, 0.29) is 5.82 Å². The number of imidazole rings is 1. The average Bonchev–Trinajstić information content (AvgIpc) is 3.00. The summed E-state index contributed by atoms with van der Waals surface area (Å²) in [7, 11) is 0. The molecule has 0 bridgehead atoms. The van der Waals surface area contributed by atoms with E-state index in [2.05, 4.69) is 4.98 Å². The van der Waals surface area contributed by atoms with Crippen LogP contribution in [-0.4, -0.2) is 14.9 Å². The summed E-state index contributed by atoms with van der Waals surface area (Å²) in [6.45, 7) is 1.82. The van der Waals surface area contributed by atoms with E-state index < -0.39 is 0 Å². The standard InChI is InChI=1S/C14H11FN2OS/c1-9-13(10-4-6-11(15)7-5-10)17(18)14(16-9)12-3-2-8-19-12/h2-8,18H,1H3. The van der Waals surface area contributed by atoms with Crippen LogP contribution in [0.4, 0.5) is 4.39 Å². The van der Waals surface area contributed by atoms with Gasteiger partial charge in [0.1, 0.15) is 11.5 Å². The van der Waals surface area contributed by atoms with Crippen molar-refractivity contribution in [3.05, 3.63) is 53.3 Å². The normalized spacial score (nSPS) is 10.8. The van der Waals surface area contributed by atoms with E-state index in [1.165, 1.54) is 23.5 Å². The second-order valence-electron chi connectivity index (χ2n) is 4.17. The molecule has 3 aromatic rings. The van der Waals surface area contributed by atoms with Crippen LogP contribution in [0.1, 0.15) is 5.69 Å². The van der Waals surface area contributed by atoms with Gasteiger partial charge in [0.15, 0.2) is 5.82 Å². The molecule has 3 nitrogen and oxygen atoms in total. The molecule has 0 aliphatic heterocycles. The Morgan fingerprint density at radius 3 is 2.58 bits per heavy atom. The number of hydrogen-bond donors (Lipinski definition) is 1. The van der Waals surface area contributed by atoms with Gasteiger partial charge >= 0.3 is 0 Å². The largest absolute Gasteiger partial charge is 0.426 e. The molecule has 3 rings (SSSR count). The monoisotopic (exact) mass is 274 g/mol. The van der Waals surface area contributed by atoms with E-state index in [1.54, 1.807) is 12.1 Å². The van der Waals surface area contributed by atoms with Gasteiger partial charge in [-0.1, -0.05) is 6.07 Å². The van der Waals surface area contributed by atoms with Crippen LogP contribution in [0, 0.1) is 12.7 Å². The van der Waals surface area contributed by atoms with Gasteiger partial charge < -0.3 is 5.21 Å². The third-order valence-corrected chi connectivity index (χ3v) is 3.75. The van der Waals surface area contributed by atoms with Gasteiger partial charge in [0, 0.05) is 5.56 Å². The fraction of sp³-hybridized carbons (Fsp3) is 0.0714. The Kier molecular flexibility index (Phi) is 2.83. The number of aryl methyl sites for hydroxylation is 1. The minimum absolute atomic E-state index is 0.302. The maximum atomic E-state index is 12.9. The van der Waals surface area contributed by atoms with Crippen molar-refractivity contribution < 1.29 is 9.60 Å². The third-order valence-electron chi connectivity index (χ3n) is 2.89. The van der Waals surface area contributed by atoms with Gasteiger partial charge in [-0.3, -0.25) is 0 Å². The number of thiophene rings is 1. The first-order chi connectivity index (χ1) is 9.16. The first-order valence-electron chi connectivity index (χ1n) is 5.75. The molecule has 0 radical (unpaired) electrons. The van der Waals surface area contributed by atoms with Gasteiger partial charge in [-0.2, -0.15) is 4.73 Å². The summed E-state index contributed by atoms with van der Waals surface area (Å²) in [5.74, 6) is 0.204. The van der Waals surface area contributed by atoms with Crippen molar-refractivity contribution >= 4 is 11.3 Å². The highest BCUT2D eigenvalue weighted by atomic mass is 32.1. The van der Waals surface area contributed by atoms with Crippen molar-refractivity contribution in [3.63, 3.8) is 0 Å². The lowest BCUT2D eigenvalue weighted by atomic mass is 10.1. The van der Waals surface area contributed by atoms with E-state index in [0.29, 0.717) is 17.2 Å². The van der Waals surface area contributed by atoms with Crippen LogP contribution in [0.2, 0.25) is 0 Å².